The van der Waals surface area contributed by atoms with Crippen LogP contribution in [0.2, 0.25) is 5.28 Å². The number of aromatic nitrogens is 3. The molecule has 0 aliphatic heterocycles. The zero-order valence-electron chi connectivity index (χ0n) is 10.8. The Morgan fingerprint density at radius 2 is 1.94 bits per heavy atom. The molecule has 2 heterocycles. The second-order valence-electron chi connectivity index (χ2n) is 4.21. The molecule has 0 aliphatic rings. The van der Waals surface area contributed by atoms with Gasteiger partial charge < -0.3 is 5.32 Å². The first-order valence-corrected chi connectivity index (χ1v) is 6.87. The fourth-order valence-corrected chi connectivity index (χ4v) is 3.00. The van der Waals surface area contributed by atoms with E-state index in [0.29, 0.717) is 0 Å². The van der Waals surface area contributed by atoms with Gasteiger partial charge in [-0.15, -0.1) is 11.3 Å². The quantitative estimate of drug-likeness (QED) is 0.873. The summed E-state index contributed by atoms with van der Waals surface area (Å²) in [7, 11) is 0. The fourth-order valence-electron chi connectivity index (χ4n) is 1.84. The predicted octanol–water partition coefficient (Wildman–Crippen LogP) is 3.68. The lowest BCUT2D eigenvalue weighted by Crippen LogP contribution is -2.08. The predicted molar refractivity (Wildman–Crippen MR) is 75.4 cm³/mol. The van der Waals surface area contributed by atoms with E-state index in [9.17, 15) is 0 Å². The third-order valence-corrected chi connectivity index (χ3v) is 3.95. The standard InChI is InChI=1S/C12H15ClN4S/c1-6-5-10(17-12(13)14-6)16-8(3)11-7(2)15-9(4)18-11/h5,8H,1-4H3,(H,14,16,17). The molecule has 1 unspecified atom stereocenters. The summed E-state index contributed by atoms with van der Waals surface area (Å²) in [4.78, 5) is 13.9. The second kappa shape index (κ2) is 5.20. The molecule has 0 radical (unpaired) electrons. The highest BCUT2D eigenvalue weighted by molar-refractivity contribution is 7.11. The van der Waals surface area contributed by atoms with Crippen molar-refractivity contribution in [1.82, 2.24) is 15.0 Å². The van der Waals surface area contributed by atoms with Crippen molar-refractivity contribution in [3.05, 3.63) is 32.6 Å². The van der Waals surface area contributed by atoms with Gasteiger partial charge in [0.2, 0.25) is 5.28 Å². The van der Waals surface area contributed by atoms with E-state index in [2.05, 4.69) is 27.2 Å². The SMILES string of the molecule is Cc1cc(NC(C)c2sc(C)nc2C)nc(Cl)n1. The van der Waals surface area contributed by atoms with Crippen molar-refractivity contribution in [3.8, 4) is 0 Å². The molecule has 0 amide bonds. The number of nitrogens with zero attached hydrogens (tertiary/aromatic N) is 3. The summed E-state index contributed by atoms with van der Waals surface area (Å²) in [5.41, 5.74) is 1.91. The van der Waals surface area contributed by atoms with E-state index in [4.69, 9.17) is 11.6 Å². The molecule has 0 aliphatic carbocycles. The van der Waals surface area contributed by atoms with Crippen LogP contribution in [0.25, 0.3) is 0 Å². The summed E-state index contributed by atoms with van der Waals surface area (Å²) in [6.07, 6.45) is 0. The van der Waals surface area contributed by atoms with E-state index < -0.39 is 0 Å². The van der Waals surface area contributed by atoms with Crippen LogP contribution in [0.5, 0.6) is 0 Å². The number of hydrogen-bond donors (Lipinski definition) is 1. The van der Waals surface area contributed by atoms with Crippen LogP contribution in [0.4, 0.5) is 5.82 Å². The van der Waals surface area contributed by atoms with Gasteiger partial charge in [-0.3, -0.25) is 0 Å². The Morgan fingerprint density at radius 1 is 1.22 bits per heavy atom. The Kier molecular flexibility index (Phi) is 3.82. The van der Waals surface area contributed by atoms with E-state index in [1.807, 2.05) is 26.8 Å². The summed E-state index contributed by atoms with van der Waals surface area (Å²) in [6.45, 7) is 8.02. The van der Waals surface area contributed by atoms with Gasteiger partial charge >= 0.3 is 0 Å². The minimum Gasteiger partial charge on any atom is -0.363 e. The first-order chi connectivity index (χ1) is 8.45. The molecule has 0 spiro atoms. The van der Waals surface area contributed by atoms with E-state index >= 15 is 0 Å². The number of anilines is 1. The van der Waals surface area contributed by atoms with Gasteiger partial charge in [-0.25, -0.2) is 15.0 Å². The van der Waals surface area contributed by atoms with Crippen LogP contribution < -0.4 is 5.32 Å². The monoisotopic (exact) mass is 282 g/mol. The van der Waals surface area contributed by atoms with Crippen LogP contribution >= 0.6 is 22.9 Å². The molecule has 6 heteroatoms. The van der Waals surface area contributed by atoms with Gasteiger partial charge in [-0.2, -0.15) is 0 Å². The number of thiazole rings is 1. The molecular formula is C12H15ClN4S. The highest BCUT2D eigenvalue weighted by Gasteiger charge is 2.13. The number of hydrogen-bond acceptors (Lipinski definition) is 5. The Hall–Kier alpha value is -1.20. The lowest BCUT2D eigenvalue weighted by atomic mass is 10.2. The van der Waals surface area contributed by atoms with Crippen LogP contribution in [-0.4, -0.2) is 15.0 Å². The van der Waals surface area contributed by atoms with E-state index in [0.717, 1.165) is 22.2 Å². The third-order valence-electron chi connectivity index (χ3n) is 2.52. The Labute approximate surface area is 115 Å². The highest BCUT2D eigenvalue weighted by atomic mass is 35.5. The van der Waals surface area contributed by atoms with Gasteiger partial charge in [0.15, 0.2) is 0 Å². The molecule has 4 nitrogen and oxygen atoms in total. The van der Waals surface area contributed by atoms with Crippen molar-refractivity contribution in [1.29, 1.82) is 0 Å². The molecule has 2 aromatic rings. The number of aryl methyl sites for hydroxylation is 3. The summed E-state index contributed by atoms with van der Waals surface area (Å²) in [5, 5.41) is 4.67. The van der Waals surface area contributed by atoms with Crippen LogP contribution in [0.1, 0.15) is 34.2 Å². The van der Waals surface area contributed by atoms with Gasteiger partial charge in [0.05, 0.1) is 16.7 Å². The Morgan fingerprint density at radius 3 is 2.50 bits per heavy atom. The Bertz CT molecular complexity index is 547. The van der Waals surface area contributed by atoms with Crippen LogP contribution in [0, 0.1) is 20.8 Å². The van der Waals surface area contributed by atoms with Gasteiger partial charge in [-0.05, 0) is 39.3 Å². The smallest absolute Gasteiger partial charge is 0.224 e. The highest BCUT2D eigenvalue weighted by Crippen LogP contribution is 2.27. The molecule has 0 aromatic carbocycles. The van der Waals surface area contributed by atoms with E-state index in [-0.39, 0.29) is 11.3 Å². The molecule has 1 N–H and O–H groups in total. The largest absolute Gasteiger partial charge is 0.363 e. The third kappa shape index (κ3) is 2.97. The second-order valence-corrected chi connectivity index (χ2v) is 5.79. The van der Waals surface area contributed by atoms with Gasteiger partial charge in [0.25, 0.3) is 0 Å². The number of nitrogens with one attached hydrogen (secondary N) is 1. The molecule has 0 fully saturated rings. The van der Waals surface area contributed by atoms with Crippen molar-refractivity contribution < 1.29 is 0 Å². The Balaban J connectivity index is 2.20. The van der Waals surface area contributed by atoms with Crippen molar-refractivity contribution in [2.24, 2.45) is 0 Å². The molecule has 1 atom stereocenters. The maximum Gasteiger partial charge on any atom is 0.224 e. The first kappa shape index (κ1) is 13.2. The normalized spacial score (nSPS) is 12.5. The fraction of sp³-hybridized carbons (Fsp3) is 0.417. The maximum atomic E-state index is 5.84. The zero-order chi connectivity index (χ0) is 13.3. The average molecular weight is 283 g/mol. The molecular weight excluding hydrogens is 268 g/mol. The van der Waals surface area contributed by atoms with Crippen LogP contribution in [0.15, 0.2) is 6.07 Å². The minimum absolute atomic E-state index is 0.154. The minimum atomic E-state index is 0.154. The van der Waals surface area contributed by atoms with Gasteiger partial charge in [0, 0.05) is 16.6 Å². The summed E-state index contributed by atoms with van der Waals surface area (Å²) >= 11 is 7.54. The van der Waals surface area contributed by atoms with Crippen molar-refractivity contribution in [2.75, 3.05) is 5.32 Å². The van der Waals surface area contributed by atoms with Crippen LogP contribution in [-0.2, 0) is 0 Å². The molecule has 0 bridgehead atoms. The lowest BCUT2D eigenvalue weighted by Gasteiger charge is -2.13. The van der Waals surface area contributed by atoms with Crippen molar-refractivity contribution in [2.45, 2.75) is 33.7 Å². The molecule has 96 valence electrons. The molecule has 0 saturated heterocycles. The van der Waals surface area contributed by atoms with Crippen molar-refractivity contribution in [3.63, 3.8) is 0 Å². The average Bonchev–Trinajstić information content (AvgIpc) is 2.56. The topological polar surface area (TPSA) is 50.7 Å². The van der Waals surface area contributed by atoms with Crippen LogP contribution in [0.3, 0.4) is 0 Å². The number of halogens is 1. The van der Waals surface area contributed by atoms with Gasteiger partial charge in [-0.1, -0.05) is 0 Å². The molecule has 0 saturated carbocycles. The van der Waals surface area contributed by atoms with Crippen molar-refractivity contribution >= 4 is 28.8 Å². The first-order valence-electron chi connectivity index (χ1n) is 5.67. The zero-order valence-corrected chi connectivity index (χ0v) is 12.4. The molecule has 2 rings (SSSR count). The lowest BCUT2D eigenvalue weighted by molar-refractivity contribution is 0.875. The molecule has 18 heavy (non-hydrogen) atoms. The maximum absolute atomic E-state index is 5.84. The summed E-state index contributed by atoms with van der Waals surface area (Å²) < 4.78 is 0. The number of rotatable bonds is 3. The van der Waals surface area contributed by atoms with Gasteiger partial charge in [0.1, 0.15) is 5.82 Å². The van der Waals surface area contributed by atoms with E-state index in [1.54, 1.807) is 11.3 Å². The summed E-state index contributed by atoms with van der Waals surface area (Å²) in [5.74, 6) is 0.741. The molecule has 2 aromatic heterocycles. The van der Waals surface area contributed by atoms with E-state index in [1.165, 1.54) is 4.88 Å². The summed E-state index contributed by atoms with van der Waals surface area (Å²) in [6, 6.07) is 2.03.